The van der Waals surface area contributed by atoms with Crippen molar-refractivity contribution < 1.29 is 19.1 Å². The van der Waals surface area contributed by atoms with Gasteiger partial charge in [-0.25, -0.2) is 0 Å². The highest BCUT2D eigenvalue weighted by Crippen LogP contribution is 2.35. The van der Waals surface area contributed by atoms with E-state index in [1.807, 2.05) is 6.92 Å². The summed E-state index contributed by atoms with van der Waals surface area (Å²) in [5.74, 6) is -0.181. The minimum absolute atomic E-state index is 0.0120. The molecule has 1 saturated carbocycles. The highest BCUT2D eigenvalue weighted by atomic mass is 16.5. The number of pyridine rings is 1. The van der Waals surface area contributed by atoms with Gasteiger partial charge in [0.05, 0.1) is 19.7 Å². The molecule has 0 spiro atoms. The number of rotatable bonds is 8. The molecule has 0 radical (unpaired) electrons. The van der Waals surface area contributed by atoms with Gasteiger partial charge < -0.3 is 25.1 Å². The number of methoxy groups -OCH3 is 2. The summed E-state index contributed by atoms with van der Waals surface area (Å²) in [5.41, 5.74) is 4.69. The molecule has 3 N–H and O–H groups in total. The number of unbranched alkanes of at least 4 members (excludes halogenated alkanes) is 1. The van der Waals surface area contributed by atoms with E-state index < -0.39 is 22.9 Å². The summed E-state index contributed by atoms with van der Waals surface area (Å²) in [5, 5.41) is 3.48. The van der Waals surface area contributed by atoms with Crippen LogP contribution in [0.4, 0.5) is 0 Å². The van der Waals surface area contributed by atoms with E-state index in [1.54, 1.807) is 22.8 Å². The number of hydrogen-bond donors (Lipinski definition) is 2. The van der Waals surface area contributed by atoms with Crippen molar-refractivity contribution in [3.8, 4) is 11.5 Å². The molecule has 31 heavy (non-hydrogen) atoms. The SMILES string of the molecule is CCCCn1c(=O)c(C(=O)NC2(C(N)=O)CCCCC2)cc2ccc(OC)c(OC)c21. The van der Waals surface area contributed by atoms with E-state index in [-0.39, 0.29) is 5.56 Å². The Morgan fingerprint density at radius 3 is 2.45 bits per heavy atom. The van der Waals surface area contributed by atoms with Crippen LogP contribution in [0.25, 0.3) is 10.9 Å². The molecule has 0 saturated heterocycles. The van der Waals surface area contributed by atoms with Crippen molar-refractivity contribution in [1.29, 1.82) is 0 Å². The third-order valence-electron chi connectivity index (χ3n) is 6.11. The second-order valence-electron chi connectivity index (χ2n) is 8.07. The predicted molar refractivity (Wildman–Crippen MR) is 119 cm³/mol. The summed E-state index contributed by atoms with van der Waals surface area (Å²) in [7, 11) is 3.06. The number of nitrogens with zero attached hydrogens (tertiary/aromatic N) is 1. The molecule has 1 aliphatic rings. The third-order valence-corrected chi connectivity index (χ3v) is 6.11. The van der Waals surface area contributed by atoms with E-state index >= 15 is 0 Å². The van der Waals surface area contributed by atoms with Gasteiger partial charge in [-0.3, -0.25) is 14.4 Å². The van der Waals surface area contributed by atoms with Crippen molar-refractivity contribution in [3.63, 3.8) is 0 Å². The highest BCUT2D eigenvalue weighted by molar-refractivity contribution is 6.01. The number of aromatic nitrogens is 1. The van der Waals surface area contributed by atoms with Crippen LogP contribution in [0, 0.1) is 0 Å². The van der Waals surface area contributed by atoms with Crippen LogP contribution in [-0.4, -0.2) is 36.1 Å². The Kier molecular flexibility index (Phi) is 6.87. The molecular formula is C23H31N3O5. The number of amides is 2. The molecule has 3 rings (SSSR count). The molecule has 0 atom stereocenters. The Bertz CT molecular complexity index is 1040. The van der Waals surface area contributed by atoms with Crippen molar-refractivity contribution >= 4 is 22.7 Å². The van der Waals surface area contributed by atoms with Gasteiger partial charge in [-0.05, 0) is 37.5 Å². The monoisotopic (exact) mass is 429 g/mol. The topological polar surface area (TPSA) is 113 Å². The predicted octanol–water partition coefficient (Wildman–Crippen LogP) is 2.74. The fraction of sp³-hybridized carbons (Fsp3) is 0.522. The smallest absolute Gasteiger partial charge is 0.264 e. The number of carbonyl (C=O) groups is 2. The summed E-state index contributed by atoms with van der Waals surface area (Å²) in [6.45, 7) is 2.46. The van der Waals surface area contributed by atoms with Crippen LogP contribution in [0.1, 0.15) is 62.2 Å². The van der Waals surface area contributed by atoms with E-state index in [9.17, 15) is 14.4 Å². The van der Waals surface area contributed by atoms with Crippen LogP contribution in [0.2, 0.25) is 0 Å². The first-order valence-electron chi connectivity index (χ1n) is 10.8. The van der Waals surface area contributed by atoms with Gasteiger partial charge in [0.15, 0.2) is 11.5 Å². The molecule has 168 valence electrons. The molecule has 0 unspecified atom stereocenters. The molecule has 1 fully saturated rings. The number of primary amides is 1. The van der Waals surface area contributed by atoms with E-state index in [1.165, 1.54) is 14.2 Å². The standard InChI is InChI=1S/C23H31N3O5/c1-4-5-13-26-18-15(9-10-17(30-2)19(18)31-3)14-16(21(26)28)20(27)25-23(22(24)29)11-7-6-8-12-23/h9-10,14H,4-8,11-13H2,1-3H3,(H2,24,29)(H,25,27). The van der Waals surface area contributed by atoms with Crippen LogP contribution in [0.15, 0.2) is 23.0 Å². The van der Waals surface area contributed by atoms with Crippen molar-refractivity contribution in [2.24, 2.45) is 5.73 Å². The van der Waals surface area contributed by atoms with Crippen molar-refractivity contribution in [1.82, 2.24) is 9.88 Å². The van der Waals surface area contributed by atoms with Crippen molar-refractivity contribution in [2.45, 2.75) is 64.0 Å². The zero-order valence-corrected chi connectivity index (χ0v) is 18.5. The van der Waals surface area contributed by atoms with Gasteiger partial charge in [-0.1, -0.05) is 32.6 Å². The molecular weight excluding hydrogens is 398 g/mol. The Hall–Kier alpha value is -3.03. The van der Waals surface area contributed by atoms with E-state index in [4.69, 9.17) is 15.2 Å². The fourth-order valence-electron chi connectivity index (χ4n) is 4.35. The van der Waals surface area contributed by atoms with Gasteiger partial charge in [0.2, 0.25) is 5.91 Å². The molecule has 1 heterocycles. The lowest BCUT2D eigenvalue weighted by atomic mass is 9.81. The maximum atomic E-state index is 13.4. The number of benzene rings is 1. The quantitative estimate of drug-likeness (QED) is 0.670. The summed E-state index contributed by atoms with van der Waals surface area (Å²) in [6.07, 6.45) is 5.20. The average molecular weight is 430 g/mol. The summed E-state index contributed by atoms with van der Waals surface area (Å²) in [6, 6.07) is 5.08. The van der Waals surface area contributed by atoms with E-state index in [2.05, 4.69) is 5.32 Å². The molecule has 0 aliphatic heterocycles. The lowest BCUT2D eigenvalue weighted by Crippen LogP contribution is -2.59. The Morgan fingerprint density at radius 1 is 1.16 bits per heavy atom. The van der Waals surface area contributed by atoms with Crippen LogP contribution in [0.5, 0.6) is 11.5 Å². The van der Waals surface area contributed by atoms with Crippen LogP contribution < -0.4 is 26.1 Å². The summed E-state index contributed by atoms with van der Waals surface area (Å²) < 4.78 is 12.5. The van der Waals surface area contributed by atoms with Crippen molar-refractivity contribution in [2.75, 3.05) is 14.2 Å². The van der Waals surface area contributed by atoms with E-state index in [0.717, 1.165) is 32.1 Å². The number of carbonyl (C=O) groups excluding carboxylic acids is 2. The van der Waals surface area contributed by atoms with Gasteiger partial charge in [0.1, 0.15) is 11.1 Å². The van der Waals surface area contributed by atoms with Gasteiger partial charge in [0, 0.05) is 11.9 Å². The molecule has 8 nitrogen and oxygen atoms in total. The molecule has 1 aromatic heterocycles. The van der Waals surface area contributed by atoms with Crippen LogP contribution in [0.3, 0.4) is 0 Å². The maximum absolute atomic E-state index is 13.4. The average Bonchev–Trinajstić information content (AvgIpc) is 2.77. The van der Waals surface area contributed by atoms with Gasteiger partial charge >= 0.3 is 0 Å². The molecule has 1 aliphatic carbocycles. The minimum atomic E-state index is -1.11. The number of aryl methyl sites for hydroxylation is 1. The molecule has 0 bridgehead atoms. The third kappa shape index (κ3) is 4.24. The molecule has 2 aromatic rings. The number of nitrogens with one attached hydrogen (secondary N) is 1. The first kappa shape index (κ1) is 22.7. The zero-order valence-electron chi connectivity index (χ0n) is 18.5. The molecule has 8 heteroatoms. The summed E-state index contributed by atoms with van der Waals surface area (Å²) >= 11 is 0. The normalized spacial score (nSPS) is 15.5. The second-order valence-corrected chi connectivity index (χ2v) is 8.07. The van der Waals surface area contributed by atoms with E-state index in [0.29, 0.717) is 41.8 Å². The number of hydrogen-bond acceptors (Lipinski definition) is 5. The molecule has 1 aromatic carbocycles. The minimum Gasteiger partial charge on any atom is -0.493 e. The Balaban J connectivity index is 2.14. The highest BCUT2D eigenvalue weighted by Gasteiger charge is 2.40. The maximum Gasteiger partial charge on any atom is 0.264 e. The zero-order chi connectivity index (χ0) is 22.6. The Labute approximate surface area is 181 Å². The van der Waals surface area contributed by atoms with Gasteiger partial charge in [0.25, 0.3) is 11.5 Å². The first-order valence-corrected chi connectivity index (χ1v) is 10.8. The lowest BCUT2D eigenvalue weighted by molar-refractivity contribution is -0.125. The van der Waals surface area contributed by atoms with Gasteiger partial charge in [-0.2, -0.15) is 0 Å². The number of fused-ring (bicyclic) bond motifs is 1. The number of ether oxygens (including phenoxy) is 2. The lowest BCUT2D eigenvalue weighted by Gasteiger charge is -2.35. The van der Waals surface area contributed by atoms with Crippen molar-refractivity contribution in [3.05, 3.63) is 34.1 Å². The van der Waals surface area contributed by atoms with Crippen LogP contribution >= 0.6 is 0 Å². The largest absolute Gasteiger partial charge is 0.493 e. The molecule has 2 amide bonds. The summed E-state index contributed by atoms with van der Waals surface area (Å²) in [4.78, 5) is 38.8. The number of nitrogens with two attached hydrogens (primary N) is 1. The van der Waals surface area contributed by atoms with Gasteiger partial charge in [-0.15, -0.1) is 0 Å². The fourth-order valence-corrected chi connectivity index (χ4v) is 4.35. The second kappa shape index (κ2) is 9.41. The Morgan fingerprint density at radius 2 is 1.87 bits per heavy atom. The van der Waals surface area contributed by atoms with Crippen LogP contribution in [-0.2, 0) is 11.3 Å². The first-order chi connectivity index (χ1) is 14.9.